The normalized spacial score (nSPS) is 30.4. The van der Waals surface area contributed by atoms with Crippen molar-refractivity contribution in [2.45, 2.75) is 56.3 Å². The molecule has 4 atom stereocenters. The van der Waals surface area contributed by atoms with Gasteiger partial charge in [0.25, 0.3) is 5.56 Å². The van der Waals surface area contributed by atoms with Gasteiger partial charge in [0, 0.05) is 68.2 Å². The van der Waals surface area contributed by atoms with Gasteiger partial charge in [-0.1, -0.05) is 6.07 Å². The van der Waals surface area contributed by atoms with E-state index in [1.54, 1.807) is 15.5 Å². The smallest absolute Gasteiger partial charge is 0.251 e. The molecule has 2 aromatic rings. The van der Waals surface area contributed by atoms with Gasteiger partial charge in [-0.25, -0.2) is 4.98 Å². The summed E-state index contributed by atoms with van der Waals surface area (Å²) < 4.78 is 4.06. The van der Waals surface area contributed by atoms with Crippen LogP contribution in [0.5, 0.6) is 0 Å². The number of hydrogen-bond acceptors (Lipinski definition) is 5. The van der Waals surface area contributed by atoms with Gasteiger partial charge in [-0.15, -0.1) is 0 Å². The molecule has 3 fully saturated rings. The summed E-state index contributed by atoms with van der Waals surface area (Å²) in [4.78, 5) is 35.2. The largest absolute Gasteiger partial charge is 0.391 e. The van der Waals surface area contributed by atoms with E-state index >= 15 is 0 Å². The molecule has 1 amide bonds. The van der Waals surface area contributed by atoms with Gasteiger partial charge in [0.2, 0.25) is 5.91 Å². The van der Waals surface area contributed by atoms with E-state index < -0.39 is 12.1 Å². The summed E-state index contributed by atoms with van der Waals surface area (Å²) in [5, 5.41) is 9.95. The first-order chi connectivity index (χ1) is 15.1. The Hall–Kier alpha value is -2.45. The summed E-state index contributed by atoms with van der Waals surface area (Å²) in [6.07, 6.45) is 7.49. The van der Waals surface area contributed by atoms with E-state index in [4.69, 9.17) is 0 Å². The van der Waals surface area contributed by atoms with Crippen molar-refractivity contribution in [1.29, 1.82) is 0 Å². The number of rotatable bonds is 4. The lowest BCUT2D eigenvalue weighted by molar-refractivity contribution is -0.137. The van der Waals surface area contributed by atoms with Crippen LogP contribution in [-0.2, 0) is 11.3 Å². The van der Waals surface area contributed by atoms with Crippen LogP contribution in [0.25, 0.3) is 0 Å². The van der Waals surface area contributed by atoms with E-state index in [0.717, 1.165) is 37.6 Å². The predicted molar refractivity (Wildman–Crippen MR) is 114 cm³/mol. The van der Waals surface area contributed by atoms with Crippen molar-refractivity contribution in [3.63, 3.8) is 0 Å². The zero-order valence-corrected chi connectivity index (χ0v) is 17.6. The lowest BCUT2D eigenvalue weighted by Gasteiger charge is -2.47. The van der Waals surface area contributed by atoms with Crippen LogP contribution in [0.4, 0.5) is 0 Å². The van der Waals surface area contributed by atoms with E-state index in [1.165, 1.54) is 12.8 Å². The topological polar surface area (TPSA) is 83.6 Å². The Kier molecular flexibility index (Phi) is 4.54. The first-order valence-corrected chi connectivity index (χ1v) is 11.5. The molecule has 8 heteroatoms. The number of aliphatic hydroxyl groups is 1. The molecule has 8 nitrogen and oxygen atoms in total. The van der Waals surface area contributed by atoms with Crippen molar-refractivity contribution in [3.8, 4) is 0 Å². The number of carbonyl (C=O) groups is 1. The van der Waals surface area contributed by atoms with Crippen LogP contribution in [0.1, 0.15) is 55.2 Å². The second kappa shape index (κ2) is 7.31. The maximum Gasteiger partial charge on any atom is 0.251 e. The average molecular weight is 424 g/mol. The molecule has 1 saturated carbocycles. The Morgan fingerprint density at radius 1 is 1.16 bits per heavy atom. The zero-order valence-electron chi connectivity index (χ0n) is 17.6. The average Bonchev–Trinajstić information content (AvgIpc) is 3.34. The van der Waals surface area contributed by atoms with Crippen LogP contribution in [0.2, 0.25) is 0 Å². The number of amides is 1. The number of carbonyl (C=O) groups excluding carboxylic acids is 1. The van der Waals surface area contributed by atoms with Gasteiger partial charge < -0.3 is 14.6 Å². The van der Waals surface area contributed by atoms with E-state index in [-0.39, 0.29) is 23.3 Å². The SMILES string of the molecule is O=C([C@H]1[C@@H]2C[C@@H](CN(Cc3nccn3C3CC3)C2)c2cccc(=O)n21)N1CC[C@@H](O)C1. The molecule has 2 aromatic heterocycles. The molecular formula is C23H29N5O3. The van der Waals surface area contributed by atoms with Crippen molar-refractivity contribution in [2.24, 2.45) is 5.92 Å². The van der Waals surface area contributed by atoms with Gasteiger partial charge >= 0.3 is 0 Å². The fourth-order valence-corrected chi connectivity index (χ4v) is 5.96. The van der Waals surface area contributed by atoms with E-state index in [1.807, 2.05) is 18.3 Å². The Bertz CT molecular complexity index is 1060. The standard InChI is InChI=1S/C23H29N5O3/c29-18-6-8-26(13-18)23(31)22-16-10-15(19-2-1-3-21(30)28(19)22)11-25(12-16)14-20-24-7-9-27(20)17-4-5-17/h1-3,7,9,15-18,22,29H,4-6,8,10-14H2/t15-,16+,18+,22+/m0/s1. The maximum atomic E-state index is 13.6. The van der Waals surface area contributed by atoms with Gasteiger partial charge in [0.05, 0.1) is 12.6 Å². The second-order valence-electron chi connectivity index (χ2n) is 9.70. The molecule has 6 rings (SSSR count). The molecule has 0 spiro atoms. The molecule has 0 radical (unpaired) electrons. The van der Waals surface area contributed by atoms with Gasteiger partial charge in [-0.3, -0.25) is 19.1 Å². The Balaban J connectivity index is 1.32. The molecule has 0 unspecified atom stereocenters. The zero-order chi connectivity index (χ0) is 21.1. The molecule has 1 N–H and O–H groups in total. The summed E-state index contributed by atoms with van der Waals surface area (Å²) in [5.74, 6) is 1.40. The van der Waals surface area contributed by atoms with Crippen molar-refractivity contribution in [2.75, 3.05) is 26.2 Å². The first-order valence-electron chi connectivity index (χ1n) is 11.5. The number of hydrogen-bond donors (Lipinski definition) is 1. The Labute approximate surface area is 181 Å². The summed E-state index contributed by atoms with van der Waals surface area (Å²) in [7, 11) is 0. The molecule has 1 aliphatic carbocycles. The highest BCUT2D eigenvalue weighted by molar-refractivity contribution is 5.81. The number of aliphatic hydroxyl groups excluding tert-OH is 1. The number of pyridine rings is 1. The van der Waals surface area contributed by atoms with Crippen LogP contribution in [0.15, 0.2) is 35.4 Å². The predicted octanol–water partition coefficient (Wildman–Crippen LogP) is 1.13. The molecule has 2 saturated heterocycles. The lowest BCUT2D eigenvalue weighted by atomic mass is 9.78. The Morgan fingerprint density at radius 2 is 2.03 bits per heavy atom. The molecular weight excluding hydrogens is 394 g/mol. The summed E-state index contributed by atoms with van der Waals surface area (Å²) in [5.41, 5.74) is 0.875. The first kappa shape index (κ1) is 19.3. The van der Waals surface area contributed by atoms with Gasteiger partial charge in [-0.05, 0) is 31.7 Å². The molecule has 3 aliphatic heterocycles. The van der Waals surface area contributed by atoms with Crippen LogP contribution < -0.4 is 5.56 Å². The molecule has 4 aliphatic rings. The number of β-amino-alcohol motifs (C(OH)–C–C–N with tert-alkyl or cyclic N) is 1. The van der Waals surface area contributed by atoms with Gasteiger partial charge in [-0.2, -0.15) is 0 Å². The third kappa shape index (κ3) is 3.32. The summed E-state index contributed by atoms with van der Waals surface area (Å²) >= 11 is 0. The number of imidazole rings is 1. The number of likely N-dealkylation sites (tertiary alicyclic amines) is 2. The van der Waals surface area contributed by atoms with Crippen LogP contribution in [0.3, 0.4) is 0 Å². The van der Waals surface area contributed by atoms with E-state index in [2.05, 4.69) is 20.6 Å². The highest BCUT2D eigenvalue weighted by Gasteiger charge is 2.45. The van der Waals surface area contributed by atoms with E-state index in [0.29, 0.717) is 25.6 Å². The summed E-state index contributed by atoms with van der Waals surface area (Å²) in [6, 6.07) is 5.49. The molecule has 5 heterocycles. The minimum Gasteiger partial charge on any atom is -0.391 e. The number of fused-ring (bicyclic) bond motifs is 4. The van der Waals surface area contributed by atoms with Gasteiger partial charge in [0.15, 0.2) is 0 Å². The van der Waals surface area contributed by atoms with Crippen LogP contribution in [0, 0.1) is 5.92 Å². The second-order valence-corrected chi connectivity index (χ2v) is 9.70. The molecule has 31 heavy (non-hydrogen) atoms. The quantitative estimate of drug-likeness (QED) is 0.797. The van der Waals surface area contributed by atoms with Crippen LogP contribution >= 0.6 is 0 Å². The fourth-order valence-electron chi connectivity index (χ4n) is 5.96. The number of aromatic nitrogens is 3. The molecule has 164 valence electrons. The Morgan fingerprint density at radius 3 is 2.81 bits per heavy atom. The van der Waals surface area contributed by atoms with Crippen molar-refractivity contribution >= 4 is 5.91 Å². The van der Waals surface area contributed by atoms with Gasteiger partial charge in [0.1, 0.15) is 11.9 Å². The number of nitrogens with zero attached hydrogens (tertiary/aromatic N) is 5. The lowest BCUT2D eigenvalue weighted by Crippen LogP contribution is -2.53. The molecule has 2 bridgehead atoms. The fraction of sp³-hybridized carbons (Fsp3) is 0.609. The van der Waals surface area contributed by atoms with E-state index in [9.17, 15) is 14.7 Å². The third-order valence-corrected chi connectivity index (χ3v) is 7.51. The highest BCUT2D eigenvalue weighted by Crippen LogP contribution is 2.43. The minimum absolute atomic E-state index is 0.0177. The van der Waals surface area contributed by atoms with Crippen molar-refractivity contribution < 1.29 is 9.90 Å². The van der Waals surface area contributed by atoms with Crippen molar-refractivity contribution in [1.82, 2.24) is 23.9 Å². The number of piperidine rings is 1. The van der Waals surface area contributed by atoms with Crippen molar-refractivity contribution in [3.05, 3.63) is 52.5 Å². The summed E-state index contributed by atoms with van der Waals surface area (Å²) in [6.45, 7) is 3.36. The monoisotopic (exact) mass is 423 g/mol. The highest BCUT2D eigenvalue weighted by atomic mass is 16.3. The minimum atomic E-state index is -0.490. The van der Waals surface area contributed by atoms with Crippen LogP contribution in [-0.4, -0.2) is 67.2 Å². The maximum absolute atomic E-state index is 13.6. The third-order valence-electron chi connectivity index (χ3n) is 7.51. The molecule has 0 aromatic carbocycles.